The number of nitrogens with one attached hydrogen (secondary N) is 1. The van der Waals surface area contributed by atoms with Crippen LogP contribution in [0.25, 0.3) is 11.4 Å². The number of ether oxygens (including phenoxy) is 1. The molecule has 1 aliphatic carbocycles. The quantitative estimate of drug-likeness (QED) is 0.438. The van der Waals surface area contributed by atoms with E-state index in [0.29, 0.717) is 24.5 Å². The maximum Gasteiger partial charge on any atom is 0.303 e. The molecule has 1 aromatic heterocycles. The average Bonchev–Trinajstić information content (AvgIpc) is 3.17. The van der Waals surface area contributed by atoms with Crippen LogP contribution in [-0.2, 0) is 17.8 Å². The van der Waals surface area contributed by atoms with E-state index < -0.39 is 5.97 Å². The first-order valence-corrected chi connectivity index (χ1v) is 11.3. The molecule has 0 amide bonds. The minimum atomic E-state index is -0.749. The van der Waals surface area contributed by atoms with Gasteiger partial charge in [0.15, 0.2) is 5.82 Å². The Bertz CT molecular complexity index is 1140. The smallest absolute Gasteiger partial charge is 0.303 e. The number of carboxylic acid groups (broad SMARTS) is 1. The number of hydrogen-bond acceptors (Lipinski definition) is 5. The first kappa shape index (κ1) is 22.9. The van der Waals surface area contributed by atoms with Crippen LogP contribution >= 0.6 is 0 Å². The summed E-state index contributed by atoms with van der Waals surface area (Å²) in [5.41, 5.74) is 4.35. The van der Waals surface area contributed by atoms with Crippen molar-refractivity contribution in [2.24, 2.45) is 0 Å². The van der Waals surface area contributed by atoms with Crippen molar-refractivity contribution in [3.8, 4) is 17.1 Å². The van der Waals surface area contributed by atoms with Gasteiger partial charge in [-0.25, -0.2) is 14.4 Å². The first-order chi connectivity index (χ1) is 16.0. The van der Waals surface area contributed by atoms with Crippen LogP contribution < -0.4 is 10.1 Å². The second-order valence-corrected chi connectivity index (χ2v) is 8.38. The Morgan fingerprint density at radius 3 is 2.88 bits per heavy atom. The molecule has 2 N–H and O–H groups in total. The molecule has 1 heterocycles. The molecule has 1 atom stereocenters. The van der Waals surface area contributed by atoms with Crippen molar-refractivity contribution >= 4 is 5.97 Å². The van der Waals surface area contributed by atoms with E-state index in [2.05, 4.69) is 15.3 Å². The van der Waals surface area contributed by atoms with Crippen molar-refractivity contribution in [2.75, 3.05) is 13.2 Å². The molecule has 0 spiro atoms. The minimum absolute atomic E-state index is 0.111. The molecule has 7 heteroatoms. The third kappa shape index (κ3) is 5.93. The molecule has 6 nitrogen and oxygen atoms in total. The van der Waals surface area contributed by atoms with Crippen LogP contribution in [0.4, 0.5) is 4.39 Å². The molecule has 0 saturated carbocycles. The summed E-state index contributed by atoms with van der Waals surface area (Å²) in [6.45, 7) is 3.77. The number of hydrogen-bond donors (Lipinski definition) is 2. The maximum absolute atomic E-state index is 14.1. The van der Waals surface area contributed by atoms with Gasteiger partial charge in [0.05, 0.1) is 24.3 Å². The highest BCUT2D eigenvalue weighted by Gasteiger charge is 2.24. The molecule has 0 aliphatic heterocycles. The van der Waals surface area contributed by atoms with Crippen molar-refractivity contribution < 1.29 is 19.0 Å². The van der Waals surface area contributed by atoms with Crippen molar-refractivity contribution in [1.29, 1.82) is 0 Å². The van der Waals surface area contributed by atoms with Gasteiger partial charge >= 0.3 is 5.97 Å². The summed E-state index contributed by atoms with van der Waals surface area (Å²) in [4.78, 5) is 19.9. The van der Waals surface area contributed by atoms with Crippen molar-refractivity contribution in [3.63, 3.8) is 0 Å². The summed E-state index contributed by atoms with van der Waals surface area (Å²) in [5, 5.41) is 12.4. The standard InChI is InChI=1S/C26H28FN3O3/c1-17-13-20(30-26(29-17)23-5-2-3-6-24(23)27)16-28-11-4-12-33-21-9-10-22-18(14-21)7-8-19(22)15-25(31)32/h2-3,5-6,9-10,13-14,19,28H,4,7-8,11-12,15-16H2,1H3,(H,31,32)/t19-/m0/s1. The zero-order valence-corrected chi connectivity index (χ0v) is 18.7. The fourth-order valence-electron chi connectivity index (χ4n) is 4.29. The minimum Gasteiger partial charge on any atom is -0.494 e. The highest BCUT2D eigenvalue weighted by molar-refractivity contribution is 5.68. The molecule has 4 rings (SSSR count). The summed E-state index contributed by atoms with van der Waals surface area (Å²) in [6, 6.07) is 14.4. The van der Waals surface area contributed by atoms with Gasteiger partial charge in [-0.1, -0.05) is 18.2 Å². The number of aryl methyl sites for hydroxylation is 2. The van der Waals surface area contributed by atoms with Crippen LogP contribution in [0, 0.1) is 12.7 Å². The van der Waals surface area contributed by atoms with Crippen LogP contribution in [0.15, 0.2) is 48.5 Å². The van der Waals surface area contributed by atoms with Crippen molar-refractivity contribution in [2.45, 2.75) is 45.1 Å². The molecular formula is C26H28FN3O3. The Balaban J connectivity index is 1.23. The topological polar surface area (TPSA) is 84.3 Å². The van der Waals surface area contributed by atoms with Crippen LogP contribution in [-0.4, -0.2) is 34.2 Å². The molecule has 33 heavy (non-hydrogen) atoms. The van der Waals surface area contributed by atoms with Crippen LogP contribution in [0.1, 0.15) is 47.7 Å². The third-order valence-electron chi connectivity index (χ3n) is 5.83. The van der Waals surface area contributed by atoms with Gasteiger partial charge in [0, 0.05) is 12.2 Å². The number of aliphatic carboxylic acids is 1. The fourth-order valence-corrected chi connectivity index (χ4v) is 4.29. The number of carboxylic acids is 1. The normalized spacial score (nSPS) is 14.8. The molecule has 1 aliphatic rings. The molecular weight excluding hydrogens is 421 g/mol. The Hall–Kier alpha value is -3.32. The van der Waals surface area contributed by atoms with Gasteiger partial charge in [-0.15, -0.1) is 0 Å². The number of benzene rings is 2. The Kier molecular flexibility index (Phi) is 7.29. The second kappa shape index (κ2) is 10.5. The van der Waals surface area contributed by atoms with Crippen LogP contribution in [0.3, 0.4) is 0 Å². The molecule has 0 saturated heterocycles. The van der Waals surface area contributed by atoms with E-state index in [4.69, 9.17) is 9.84 Å². The number of nitrogens with zero attached hydrogens (tertiary/aromatic N) is 2. The lowest BCUT2D eigenvalue weighted by Gasteiger charge is -2.11. The van der Waals surface area contributed by atoms with Gasteiger partial charge in [-0.2, -0.15) is 0 Å². The first-order valence-electron chi connectivity index (χ1n) is 11.3. The van der Waals surface area contributed by atoms with E-state index in [-0.39, 0.29) is 18.2 Å². The van der Waals surface area contributed by atoms with E-state index in [9.17, 15) is 9.18 Å². The van der Waals surface area contributed by atoms with Gasteiger partial charge < -0.3 is 15.2 Å². The van der Waals surface area contributed by atoms with Gasteiger partial charge in [-0.05, 0) is 80.1 Å². The number of rotatable bonds is 10. The Morgan fingerprint density at radius 2 is 2.06 bits per heavy atom. The summed E-state index contributed by atoms with van der Waals surface area (Å²) in [6.07, 6.45) is 2.80. The van der Waals surface area contributed by atoms with Gasteiger partial charge in [0.1, 0.15) is 11.6 Å². The Morgan fingerprint density at radius 1 is 1.21 bits per heavy atom. The highest BCUT2D eigenvalue weighted by atomic mass is 19.1. The largest absolute Gasteiger partial charge is 0.494 e. The molecule has 172 valence electrons. The van der Waals surface area contributed by atoms with E-state index >= 15 is 0 Å². The summed E-state index contributed by atoms with van der Waals surface area (Å²) in [7, 11) is 0. The predicted octanol–water partition coefficient (Wildman–Crippen LogP) is 4.65. The van der Waals surface area contributed by atoms with Crippen molar-refractivity contribution in [1.82, 2.24) is 15.3 Å². The van der Waals surface area contributed by atoms with E-state index in [1.807, 2.05) is 31.2 Å². The number of carbonyl (C=O) groups is 1. The second-order valence-electron chi connectivity index (χ2n) is 8.38. The average molecular weight is 450 g/mol. The zero-order chi connectivity index (χ0) is 23.2. The molecule has 0 unspecified atom stereocenters. The molecule has 0 radical (unpaired) electrons. The lowest BCUT2D eigenvalue weighted by atomic mass is 9.98. The van der Waals surface area contributed by atoms with E-state index in [0.717, 1.165) is 48.5 Å². The molecule has 2 aromatic carbocycles. The maximum atomic E-state index is 14.1. The summed E-state index contributed by atoms with van der Waals surface area (Å²) < 4.78 is 20.0. The molecule has 0 fully saturated rings. The lowest BCUT2D eigenvalue weighted by Crippen LogP contribution is -2.18. The van der Waals surface area contributed by atoms with Crippen LogP contribution in [0.2, 0.25) is 0 Å². The van der Waals surface area contributed by atoms with E-state index in [1.54, 1.807) is 18.2 Å². The van der Waals surface area contributed by atoms with Crippen LogP contribution in [0.5, 0.6) is 5.75 Å². The Labute approximate surface area is 192 Å². The van der Waals surface area contributed by atoms with Gasteiger partial charge in [0.2, 0.25) is 0 Å². The molecule has 0 bridgehead atoms. The zero-order valence-electron chi connectivity index (χ0n) is 18.7. The van der Waals surface area contributed by atoms with Gasteiger partial charge in [0.25, 0.3) is 0 Å². The summed E-state index contributed by atoms with van der Waals surface area (Å²) in [5.74, 6) is 0.255. The summed E-state index contributed by atoms with van der Waals surface area (Å²) >= 11 is 0. The SMILES string of the molecule is Cc1cc(CNCCCOc2ccc3c(c2)CC[C@H]3CC(=O)O)nc(-c2ccccc2F)n1. The van der Waals surface area contributed by atoms with Crippen molar-refractivity contribution in [3.05, 3.63) is 76.9 Å². The third-order valence-corrected chi connectivity index (χ3v) is 5.83. The molecule has 3 aromatic rings. The number of halogens is 1. The predicted molar refractivity (Wildman–Crippen MR) is 124 cm³/mol. The lowest BCUT2D eigenvalue weighted by molar-refractivity contribution is -0.137. The number of fused-ring (bicyclic) bond motifs is 1. The number of aromatic nitrogens is 2. The monoisotopic (exact) mass is 449 g/mol. The van der Waals surface area contributed by atoms with E-state index in [1.165, 1.54) is 11.6 Å². The fraction of sp³-hybridized carbons (Fsp3) is 0.346. The van der Waals surface area contributed by atoms with Gasteiger partial charge in [-0.3, -0.25) is 4.79 Å². The highest BCUT2D eigenvalue weighted by Crippen LogP contribution is 2.37.